The molecular weight excluding hydrogens is 635 g/mol. The molecule has 0 saturated carbocycles. The second-order valence-corrected chi connectivity index (χ2v) is 13.1. The van der Waals surface area contributed by atoms with Gasteiger partial charge in [-0.15, -0.1) is 0 Å². The van der Waals surface area contributed by atoms with Crippen molar-refractivity contribution in [2.75, 3.05) is 33.3 Å². The lowest BCUT2D eigenvalue weighted by Gasteiger charge is -2.47. The van der Waals surface area contributed by atoms with Crippen molar-refractivity contribution in [2.45, 2.75) is 57.9 Å². The third kappa shape index (κ3) is 8.32. The number of methoxy groups -OCH3 is 1. The van der Waals surface area contributed by atoms with Crippen LogP contribution in [0.3, 0.4) is 0 Å². The smallest absolute Gasteiger partial charge is 0.465 e. The molecule has 9 nitrogen and oxygen atoms in total. The van der Waals surface area contributed by atoms with E-state index in [2.05, 4.69) is 27.8 Å². The second-order valence-electron chi connectivity index (χ2n) is 11.6. The number of halogens is 3. The van der Waals surface area contributed by atoms with Gasteiger partial charge in [-0.25, -0.2) is 4.79 Å². The highest BCUT2D eigenvalue weighted by Gasteiger charge is 2.48. The monoisotopic (exact) mass is 675 g/mol. The molecule has 3 aromatic carbocycles. The first-order valence-corrected chi connectivity index (χ1v) is 16.8. The summed E-state index contributed by atoms with van der Waals surface area (Å²) in [5.41, 5.74) is -2.27. The highest BCUT2D eigenvalue weighted by atomic mass is 32.2. The predicted octanol–water partition coefficient (Wildman–Crippen LogP) is 5.87. The molecule has 13 heteroatoms. The molecule has 1 saturated heterocycles. The first-order valence-electron chi connectivity index (χ1n) is 15.4. The minimum absolute atomic E-state index is 0.0440. The number of ether oxygens (including phenoxy) is 1. The summed E-state index contributed by atoms with van der Waals surface area (Å²) in [6.07, 6.45) is 0. The largest absolute Gasteiger partial charge is 0.534 e. The summed E-state index contributed by atoms with van der Waals surface area (Å²) in [6, 6.07) is 19.5. The fraction of sp³-hybridized carbons (Fsp3) is 0.412. The van der Waals surface area contributed by atoms with Gasteiger partial charge in [0.05, 0.1) is 18.7 Å². The van der Waals surface area contributed by atoms with Crippen LogP contribution in [-0.4, -0.2) is 85.9 Å². The van der Waals surface area contributed by atoms with Gasteiger partial charge in [-0.2, -0.15) is 21.6 Å². The first kappa shape index (κ1) is 35.9. The molecule has 3 atom stereocenters. The summed E-state index contributed by atoms with van der Waals surface area (Å²) < 4.78 is 72.3. The van der Waals surface area contributed by atoms with Crippen molar-refractivity contribution in [1.82, 2.24) is 14.7 Å². The van der Waals surface area contributed by atoms with E-state index in [-0.39, 0.29) is 18.0 Å². The van der Waals surface area contributed by atoms with Crippen molar-refractivity contribution in [3.8, 4) is 5.75 Å². The maximum Gasteiger partial charge on any atom is 0.534 e. The average Bonchev–Trinajstić information content (AvgIpc) is 3.03. The van der Waals surface area contributed by atoms with Crippen LogP contribution < -0.4 is 4.18 Å². The van der Waals surface area contributed by atoms with Gasteiger partial charge in [-0.3, -0.25) is 14.6 Å². The Morgan fingerprint density at radius 2 is 1.51 bits per heavy atom. The highest BCUT2D eigenvalue weighted by Crippen LogP contribution is 2.36. The Morgan fingerprint density at radius 3 is 2.09 bits per heavy atom. The number of piperazine rings is 1. The molecule has 1 aliphatic heterocycles. The van der Waals surface area contributed by atoms with Gasteiger partial charge in [0.1, 0.15) is 5.75 Å². The number of alkyl halides is 3. The summed E-state index contributed by atoms with van der Waals surface area (Å²) in [6.45, 7) is 10.9. The quantitative estimate of drug-likeness (QED) is 0.142. The van der Waals surface area contributed by atoms with Gasteiger partial charge < -0.3 is 13.8 Å². The standard InChI is InChI=1S/C34H40F3N3O6S/c1-6-38(7-2)32(41)27-17-15-26(16-18-27)31(29-9-8-10-30(19-29)46-47(43,44)34(35,36)37)40-21-23(3)39(20-24(40)4)22-25-11-13-28(14-12-25)33(42)45-5/h8-19,23-24,31H,6-7,20-22H2,1-5H3/t23-,24+,31-/m1/s1. The number of esters is 1. The summed E-state index contributed by atoms with van der Waals surface area (Å²) >= 11 is 0. The van der Waals surface area contributed by atoms with E-state index < -0.39 is 33.4 Å². The number of hydrogen-bond acceptors (Lipinski definition) is 8. The van der Waals surface area contributed by atoms with Gasteiger partial charge in [0.15, 0.2) is 0 Å². The van der Waals surface area contributed by atoms with Crippen LogP contribution in [0.2, 0.25) is 0 Å². The van der Waals surface area contributed by atoms with E-state index in [4.69, 9.17) is 4.74 Å². The van der Waals surface area contributed by atoms with E-state index >= 15 is 0 Å². The minimum atomic E-state index is -5.86. The molecule has 1 fully saturated rings. The number of amides is 1. The van der Waals surface area contributed by atoms with Crippen LogP contribution in [0.4, 0.5) is 13.2 Å². The molecule has 47 heavy (non-hydrogen) atoms. The third-order valence-electron chi connectivity index (χ3n) is 8.44. The average molecular weight is 676 g/mol. The van der Waals surface area contributed by atoms with Crippen LogP contribution >= 0.6 is 0 Å². The number of rotatable bonds is 11. The predicted molar refractivity (Wildman–Crippen MR) is 171 cm³/mol. The number of benzene rings is 3. The second kappa shape index (κ2) is 14.9. The highest BCUT2D eigenvalue weighted by molar-refractivity contribution is 7.88. The van der Waals surface area contributed by atoms with E-state index in [1.807, 2.05) is 38.1 Å². The fourth-order valence-electron chi connectivity index (χ4n) is 5.89. The molecule has 3 aromatic rings. The number of hydrogen-bond donors (Lipinski definition) is 0. The van der Waals surface area contributed by atoms with Gasteiger partial charge in [0.25, 0.3) is 5.91 Å². The maximum absolute atomic E-state index is 13.1. The number of carbonyl (C=O) groups excluding carboxylic acids is 2. The zero-order valence-corrected chi connectivity index (χ0v) is 27.8. The van der Waals surface area contributed by atoms with Crippen molar-refractivity contribution in [3.63, 3.8) is 0 Å². The van der Waals surface area contributed by atoms with Crippen molar-refractivity contribution < 1.29 is 40.1 Å². The van der Waals surface area contributed by atoms with E-state index in [0.29, 0.717) is 49.4 Å². The Bertz CT molecular complexity index is 1640. The Labute approximate surface area is 274 Å². The molecule has 1 aliphatic rings. The Morgan fingerprint density at radius 1 is 0.894 bits per heavy atom. The number of carbonyl (C=O) groups is 2. The molecule has 0 aliphatic carbocycles. The molecule has 1 amide bonds. The topological polar surface area (TPSA) is 96.5 Å². The SMILES string of the molecule is CCN(CC)C(=O)c1ccc([C@H](c2cccc(OS(=O)(=O)C(F)(F)F)c2)N2C[C@@H](C)N(Cc3ccc(C(=O)OC)cc3)C[C@@H]2C)cc1. The van der Waals surface area contributed by atoms with Gasteiger partial charge in [-0.1, -0.05) is 36.4 Å². The van der Waals surface area contributed by atoms with E-state index in [9.17, 15) is 31.2 Å². The number of nitrogens with zero attached hydrogens (tertiary/aromatic N) is 3. The van der Waals surface area contributed by atoms with Crippen LogP contribution in [0.1, 0.15) is 71.1 Å². The molecule has 0 bridgehead atoms. The molecule has 1 heterocycles. The molecule has 0 N–H and O–H groups in total. The van der Waals surface area contributed by atoms with Crippen LogP contribution in [0.15, 0.2) is 72.8 Å². The van der Waals surface area contributed by atoms with Crippen LogP contribution in [0.25, 0.3) is 0 Å². The van der Waals surface area contributed by atoms with E-state index in [1.165, 1.54) is 25.3 Å². The van der Waals surface area contributed by atoms with Crippen LogP contribution in [0, 0.1) is 0 Å². The fourth-order valence-corrected chi connectivity index (χ4v) is 6.34. The molecule has 254 valence electrons. The Balaban J connectivity index is 1.66. The molecule has 0 radical (unpaired) electrons. The first-order chi connectivity index (χ1) is 22.2. The molecule has 0 aromatic heterocycles. The summed E-state index contributed by atoms with van der Waals surface area (Å²) in [5, 5.41) is 0. The van der Waals surface area contributed by atoms with E-state index in [1.54, 1.807) is 35.2 Å². The van der Waals surface area contributed by atoms with Gasteiger partial charge >= 0.3 is 21.6 Å². The van der Waals surface area contributed by atoms with Crippen molar-refractivity contribution in [3.05, 3.63) is 101 Å². The van der Waals surface area contributed by atoms with Crippen LogP contribution in [0.5, 0.6) is 5.75 Å². The molecule has 0 unspecified atom stereocenters. The summed E-state index contributed by atoms with van der Waals surface area (Å²) in [7, 11) is -4.53. The van der Waals surface area contributed by atoms with Crippen molar-refractivity contribution in [1.29, 1.82) is 0 Å². The normalized spacial score (nSPS) is 18.4. The summed E-state index contributed by atoms with van der Waals surface area (Å²) in [4.78, 5) is 31.1. The zero-order valence-electron chi connectivity index (χ0n) is 27.0. The molecule has 4 rings (SSSR count). The Hall–Kier alpha value is -3.94. The van der Waals surface area contributed by atoms with Crippen molar-refractivity contribution >= 4 is 22.0 Å². The molecular formula is C34H40F3N3O6S. The van der Waals surface area contributed by atoms with Crippen LogP contribution in [-0.2, 0) is 21.4 Å². The van der Waals surface area contributed by atoms with Gasteiger partial charge in [0, 0.05) is 50.4 Å². The van der Waals surface area contributed by atoms with E-state index in [0.717, 1.165) is 11.1 Å². The zero-order chi connectivity index (χ0) is 34.5. The van der Waals surface area contributed by atoms with Gasteiger partial charge in [0.2, 0.25) is 0 Å². The lowest BCUT2D eigenvalue weighted by molar-refractivity contribution is -0.0500. The Kier molecular flexibility index (Phi) is 11.4. The van der Waals surface area contributed by atoms with Gasteiger partial charge in [-0.05, 0) is 80.8 Å². The minimum Gasteiger partial charge on any atom is -0.465 e. The molecule has 0 spiro atoms. The third-order valence-corrected chi connectivity index (χ3v) is 9.42. The van der Waals surface area contributed by atoms with Crippen molar-refractivity contribution in [2.24, 2.45) is 0 Å². The lowest BCUT2D eigenvalue weighted by Crippen LogP contribution is -2.56. The maximum atomic E-state index is 13.1. The summed E-state index contributed by atoms with van der Waals surface area (Å²) in [5.74, 6) is -0.969. The lowest BCUT2D eigenvalue weighted by atomic mass is 9.92.